The molecule has 1 aliphatic heterocycles. The number of nitro benzene ring substituents is 1. The highest BCUT2D eigenvalue weighted by atomic mass is 16.6. The summed E-state index contributed by atoms with van der Waals surface area (Å²) in [5.74, 6) is 0.334. The number of hydrogen-bond donors (Lipinski definition) is 0. The van der Waals surface area contributed by atoms with Crippen molar-refractivity contribution >= 4 is 17.2 Å². The largest absolute Gasteiger partial charge is 0.348 e. The lowest BCUT2D eigenvalue weighted by molar-refractivity contribution is -0.384. The van der Waals surface area contributed by atoms with E-state index < -0.39 is 4.92 Å². The van der Waals surface area contributed by atoms with Crippen molar-refractivity contribution in [2.75, 3.05) is 13.1 Å². The summed E-state index contributed by atoms with van der Waals surface area (Å²) in [6, 6.07) is 8.09. The first-order valence-corrected chi connectivity index (χ1v) is 6.19. The molecule has 1 fully saturated rings. The van der Waals surface area contributed by atoms with Gasteiger partial charge in [-0.15, -0.1) is 0 Å². The van der Waals surface area contributed by atoms with Gasteiger partial charge in [-0.25, -0.2) is 4.99 Å². The van der Waals surface area contributed by atoms with E-state index in [1.807, 2.05) is 4.90 Å². The summed E-state index contributed by atoms with van der Waals surface area (Å²) in [6.07, 6.45) is 3.28. The number of aliphatic imine (C=N–C) groups is 1. The van der Waals surface area contributed by atoms with Gasteiger partial charge in [-0.05, 0) is 25.3 Å². The molecule has 6 nitrogen and oxygen atoms in total. The second-order valence-electron chi connectivity index (χ2n) is 4.37. The minimum Gasteiger partial charge on any atom is -0.348 e. The predicted octanol–water partition coefficient (Wildman–Crippen LogP) is 2.63. The first kappa shape index (κ1) is 13.0. The fourth-order valence-electron chi connectivity index (χ4n) is 2.07. The molecule has 0 bridgehead atoms. The Morgan fingerprint density at radius 1 is 1.37 bits per heavy atom. The topological polar surface area (TPSA) is 82.5 Å². The highest BCUT2D eigenvalue weighted by Crippen LogP contribution is 2.21. The Bertz CT molecular complexity index is 542. The highest BCUT2D eigenvalue weighted by molar-refractivity contribution is 5.98. The van der Waals surface area contributed by atoms with Crippen molar-refractivity contribution in [1.29, 1.82) is 5.26 Å². The number of nitriles is 1. The Hall–Kier alpha value is -2.42. The average Bonchev–Trinajstić information content (AvgIpc) is 2.46. The minimum absolute atomic E-state index is 0.0165. The maximum absolute atomic E-state index is 10.7. The number of nitrogens with zero attached hydrogens (tertiary/aromatic N) is 4. The van der Waals surface area contributed by atoms with Crippen LogP contribution in [0, 0.1) is 21.4 Å². The molecule has 1 heterocycles. The summed E-state index contributed by atoms with van der Waals surface area (Å²) < 4.78 is 0. The Kier molecular flexibility index (Phi) is 4.08. The van der Waals surface area contributed by atoms with Crippen LogP contribution in [-0.4, -0.2) is 28.7 Å². The third-order valence-corrected chi connectivity index (χ3v) is 3.03. The molecule has 0 unspecified atom stereocenters. The van der Waals surface area contributed by atoms with Crippen LogP contribution in [0.25, 0.3) is 0 Å². The molecule has 0 spiro atoms. The molecule has 98 valence electrons. The molecule has 1 aromatic carbocycles. The summed E-state index contributed by atoms with van der Waals surface area (Å²) in [6.45, 7) is 1.64. The van der Waals surface area contributed by atoms with Crippen molar-refractivity contribution in [2.45, 2.75) is 19.3 Å². The van der Waals surface area contributed by atoms with Gasteiger partial charge in [0.15, 0.2) is 0 Å². The van der Waals surface area contributed by atoms with Gasteiger partial charge < -0.3 is 4.90 Å². The number of rotatable bonds is 2. The smallest absolute Gasteiger partial charge is 0.271 e. The number of non-ortho nitro benzene ring substituents is 1. The van der Waals surface area contributed by atoms with Crippen LogP contribution in [0.5, 0.6) is 0 Å². The fourth-order valence-corrected chi connectivity index (χ4v) is 2.07. The lowest BCUT2D eigenvalue weighted by atomic mass is 10.1. The third-order valence-electron chi connectivity index (χ3n) is 3.03. The van der Waals surface area contributed by atoms with Gasteiger partial charge in [0, 0.05) is 25.2 Å². The molecule has 0 amide bonds. The van der Waals surface area contributed by atoms with E-state index in [1.54, 1.807) is 12.1 Å². The molecule has 0 aliphatic carbocycles. The molecule has 1 aromatic rings. The first-order valence-electron chi connectivity index (χ1n) is 6.19. The van der Waals surface area contributed by atoms with E-state index in [0.717, 1.165) is 25.9 Å². The maximum atomic E-state index is 10.7. The van der Waals surface area contributed by atoms with Crippen LogP contribution in [-0.2, 0) is 0 Å². The molecular weight excluding hydrogens is 244 g/mol. The molecule has 0 atom stereocenters. The summed E-state index contributed by atoms with van der Waals surface area (Å²) in [5.41, 5.74) is 0.425. The second-order valence-corrected chi connectivity index (χ2v) is 4.37. The summed E-state index contributed by atoms with van der Waals surface area (Å²) in [7, 11) is 0. The zero-order valence-corrected chi connectivity index (χ0v) is 10.5. The van der Waals surface area contributed by atoms with E-state index >= 15 is 0 Å². The highest BCUT2D eigenvalue weighted by Gasteiger charge is 2.15. The summed E-state index contributed by atoms with van der Waals surface area (Å²) in [4.78, 5) is 16.4. The molecule has 0 radical (unpaired) electrons. The number of nitro groups is 1. The quantitative estimate of drug-likeness (QED) is 0.353. The van der Waals surface area contributed by atoms with Crippen molar-refractivity contribution in [3.05, 3.63) is 34.4 Å². The van der Waals surface area contributed by atoms with Crippen LogP contribution < -0.4 is 0 Å². The van der Waals surface area contributed by atoms with Crippen molar-refractivity contribution in [2.24, 2.45) is 4.99 Å². The average molecular weight is 258 g/mol. The molecule has 2 rings (SSSR count). The lowest BCUT2D eigenvalue weighted by Crippen LogP contribution is -2.34. The molecule has 6 heteroatoms. The third kappa shape index (κ3) is 3.28. The Morgan fingerprint density at radius 2 is 2.11 bits per heavy atom. The molecule has 0 aromatic heterocycles. The Labute approximate surface area is 111 Å². The van der Waals surface area contributed by atoms with Crippen LogP contribution in [0.2, 0.25) is 0 Å². The van der Waals surface area contributed by atoms with E-state index in [1.165, 1.54) is 18.6 Å². The predicted molar refractivity (Wildman–Crippen MR) is 71.2 cm³/mol. The number of likely N-dealkylation sites (tertiary alicyclic amines) is 1. The van der Waals surface area contributed by atoms with Gasteiger partial charge in [-0.1, -0.05) is 6.07 Å². The Balaban J connectivity index is 2.24. The standard InChI is InChI=1S/C13H14N4O2/c14-10-13(16-7-2-1-3-8-16)15-11-5-4-6-12(9-11)17(18)19/h4-6,9H,1-3,7-8H2. The number of benzene rings is 1. The van der Waals surface area contributed by atoms with Gasteiger partial charge in [0.25, 0.3) is 5.69 Å². The van der Waals surface area contributed by atoms with Crippen LogP contribution in [0.3, 0.4) is 0 Å². The zero-order chi connectivity index (χ0) is 13.7. The van der Waals surface area contributed by atoms with Crippen LogP contribution in [0.15, 0.2) is 29.3 Å². The van der Waals surface area contributed by atoms with Gasteiger partial charge >= 0.3 is 0 Å². The zero-order valence-electron chi connectivity index (χ0n) is 10.5. The van der Waals surface area contributed by atoms with Crippen molar-refractivity contribution in [3.8, 4) is 6.07 Å². The first-order chi connectivity index (χ1) is 9.20. The van der Waals surface area contributed by atoms with Gasteiger partial charge in [0.2, 0.25) is 5.84 Å². The van der Waals surface area contributed by atoms with E-state index in [9.17, 15) is 10.1 Å². The van der Waals surface area contributed by atoms with Crippen molar-refractivity contribution in [1.82, 2.24) is 4.90 Å². The fraction of sp³-hybridized carbons (Fsp3) is 0.385. The maximum Gasteiger partial charge on any atom is 0.271 e. The number of hydrogen-bond acceptors (Lipinski definition) is 4. The molecule has 0 saturated carbocycles. The van der Waals surface area contributed by atoms with Crippen LogP contribution in [0.4, 0.5) is 11.4 Å². The van der Waals surface area contributed by atoms with Gasteiger partial charge in [0.1, 0.15) is 6.07 Å². The van der Waals surface area contributed by atoms with Crippen LogP contribution in [0.1, 0.15) is 19.3 Å². The van der Waals surface area contributed by atoms with E-state index in [4.69, 9.17) is 5.26 Å². The van der Waals surface area contributed by atoms with E-state index in [2.05, 4.69) is 11.1 Å². The SMILES string of the molecule is N#CC(=Nc1cccc([N+](=O)[O-])c1)N1CCCCC1. The van der Waals surface area contributed by atoms with Crippen molar-refractivity contribution in [3.63, 3.8) is 0 Å². The summed E-state index contributed by atoms with van der Waals surface area (Å²) in [5, 5.41) is 19.9. The van der Waals surface area contributed by atoms with Crippen LogP contribution >= 0.6 is 0 Å². The number of piperidine rings is 1. The van der Waals surface area contributed by atoms with Gasteiger partial charge in [0.05, 0.1) is 10.6 Å². The molecule has 1 aliphatic rings. The monoisotopic (exact) mass is 258 g/mol. The van der Waals surface area contributed by atoms with Gasteiger partial charge in [-0.2, -0.15) is 5.26 Å². The minimum atomic E-state index is -0.466. The van der Waals surface area contributed by atoms with E-state index in [-0.39, 0.29) is 5.69 Å². The Morgan fingerprint density at radius 3 is 2.74 bits per heavy atom. The van der Waals surface area contributed by atoms with Gasteiger partial charge in [-0.3, -0.25) is 10.1 Å². The molecule has 0 N–H and O–H groups in total. The molecule has 1 saturated heterocycles. The molecule has 19 heavy (non-hydrogen) atoms. The number of amidine groups is 1. The lowest BCUT2D eigenvalue weighted by Gasteiger charge is -2.26. The molecular formula is C13H14N4O2. The second kappa shape index (κ2) is 5.96. The van der Waals surface area contributed by atoms with Crippen molar-refractivity contribution < 1.29 is 4.92 Å². The normalized spacial score (nSPS) is 15.9. The summed E-state index contributed by atoms with van der Waals surface area (Å²) >= 11 is 0. The van der Waals surface area contributed by atoms with E-state index in [0.29, 0.717) is 11.5 Å².